The summed E-state index contributed by atoms with van der Waals surface area (Å²) < 4.78 is 46.6. The minimum Gasteiger partial charge on any atom is -0.461 e. The third-order valence-electron chi connectivity index (χ3n) is 9.26. The van der Waals surface area contributed by atoms with E-state index in [4.69, 9.17) is 14.9 Å². The maximum Gasteiger partial charge on any atom is 0.319 e. The quantitative estimate of drug-likeness (QED) is 0.335. The Labute approximate surface area is 245 Å². The van der Waals surface area contributed by atoms with Crippen LogP contribution in [0.1, 0.15) is 38.5 Å². The van der Waals surface area contributed by atoms with Crippen LogP contribution in [-0.2, 0) is 10.0 Å². The Morgan fingerprint density at radius 2 is 1.79 bits per heavy atom. The molecule has 3 aliphatic heterocycles. The van der Waals surface area contributed by atoms with Crippen molar-refractivity contribution >= 4 is 37.5 Å². The molecular weight excluding hydrogens is 555 g/mol. The standard InChI is InChI=1S/C31H35FN6O3S/c32-26-27(24-11-3-9-22-8-1-2-10-23(22)24)34-17-25-28(26)35-30(41-20-31-12-5-15-38(31)16-6-13-31)36-29(25)37-14-4-7-21(18-37)19-42(33,39)40/h1-3,8-11,17,21H,4-7,12-16,18-20H2,(H2,33,39,40). The van der Waals surface area contributed by atoms with E-state index < -0.39 is 15.8 Å². The molecule has 2 aromatic heterocycles. The van der Waals surface area contributed by atoms with Gasteiger partial charge in [-0.15, -0.1) is 0 Å². The predicted molar refractivity (Wildman–Crippen MR) is 161 cm³/mol. The Kier molecular flexibility index (Phi) is 6.99. The normalized spacial score (nSPS) is 20.8. The molecule has 0 radical (unpaired) electrons. The topological polar surface area (TPSA) is 115 Å². The average Bonchev–Trinajstić information content (AvgIpc) is 3.56. The van der Waals surface area contributed by atoms with Gasteiger partial charge in [-0.25, -0.2) is 17.9 Å². The average molecular weight is 591 g/mol. The lowest BCUT2D eigenvalue weighted by molar-refractivity contribution is 0.108. The molecule has 3 saturated heterocycles. The second-order valence-electron chi connectivity index (χ2n) is 12.0. The van der Waals surface area contributed by atoms with Gasteiger partial charge in [0.25, 0.3) is 0 Å². The van der Waals surface area contributed by atoms with Crippen molar-refractivity contribution in [3.05, 3.63) is 54.5 Å². The summed E-state index contributed by atoms with van der Waals surface area (Å²) >= 11 is 0. The van der Waals surface area contributed by atoms with Crippen LogP contribution in [0.3, 0.4) is 0 Å². The van der Waals surface area contributed by atoms with Crippen LogP contribution in [0.2, 0.25) is 0 Å². The number of nitrogens with zero attached hydrogens (tertiary/aromatic N) is 5. The zero-order chi connectivity index (χ0) is 28.9. The first-order chi connectivity index (χ1) is 20.3. The van der Waals surface area contributed by atoms with Crippen LogP contribution in [0, 0.1) is 11.7 Å². The van der Waals surface area contributed by atoms with Crippen LogP contribution in [0.15, 0.2) is 48.7 Å². The van der Waals surface area contributed by atoms with Crippen molar-refractivity contribution in [2.75, 3.05) is 43.4 Å². The van der Waals surface area contributed by atoms with Crippen molar-refractivity contribution in [3.63, 3.8) is 0 Å². The number of anilines is 1. The highest BCUT2D eigenvalue weighted by molar-refractivity contribution is 7.89. The van der Waals surface area contributed by atoms with Crippen molar-refractivity contribution in [1.29, 1.82) is 0 Å². The molecule has 3 aliphatic rings. The number of pyridine rings is 1. The van der Waals surface area contributed by atoms with Crippen LogP contribution in [0.25, 0.3) is 32.9 Å². The molecule has 4 aromatic rings. The number of halogens is 1. The summed E-state index contributed by atoms with van der Waals surface area (Å²) in [5.41, 5.74) is 1.04. The van der Waals surface area contributed by atoms with E-state index in [1.807, 2.05) is 47.4 Å². The van der Waals surface area contributed by atoms with Crippen molar-refractivity contribution in [1.82, 2.24) is 19.9 Å². The Morgan fingerprint density at radius 3 is 2.60 bits per heavy atom. The molecule has 11 heteroatoms. The first kappa shape index (κ1) is 27.4. The number of hydrogen-bond donors (Lipinski definition) is 1. The fourth-order valence-corrected chi connectivity index (χ4v) is 8.26. The van der Waals surface area contributed by atoms with Crippen LogP contribution >= 0.6 is 0 Å². The number of piperidine rings is 1. The molecule has 3 fully saturated rings. The zero-order valence-corrected chi connectivity index (χ0v) is 24.3. The molecule has 0 amide bonds. The van der Waals surface area contributed by atoms with E-state index in [9.17, 15) is 8.42 Å². The maximum atomic E-state index is 16.5. The van der Waals surface area contributed by atoms with Crippen LogP contribution in [0.5, 0.6) is 6.01 Å². The summed E-state index contributed by atoms with van der Waals surface area (Å²) in [6, 6.07) is 13.7. The molecule has 220 valence electrons. The highest BCUT2D eigenvalue weighted by Crippen LogP contribution is 2.40. The van der Waals surface area contributed by atoms with Crippen LogP contribution in [0.4, 0.5) is 10.2 Å². The maximum absolute atomic E-state index is 16.5. The van der Waals surface area contributed by atoms with Gasteiger partial charge in [0.2, 0.25) is 10.0 Å². The van der Waals surface area contributed by atoms with Gasteiger partial charge in [0.05, 0.1) is 16.7 Å². The molecule has 0 spiro atoms. The summed E-state index contributed by atoms with van der Waals surface area (Å²) in [6.45, 7) is 3.68. The Hall–Kier alpha value is -3.41. The lowest BCUT2D eigenvalue weighted by atomic mass is 9.95. The first-order valence-electron chi connectivity index (χ1n) is 14.8. The fraction of sp³-hybridized carbons (Fsp3) is 0.452. The van der Waals surface area contributed by atoms with Crippen molar-refractivity contribution in [2.45, 2.75) is 44.1 Å². The number of aromatic nitrogens is 3. The van der Waals surface area contributed by atoms with E-state index in [0.29, 0.717) is 36.5 Å². The molecule has 1 atom stereocenters. The molecule has 42 heavy (non-hydrogen) atoms. The molecule has 9 nitrogen and oxygen atoms in total. The van der Waals surface area contributed by atoms with Gasteiger partial charge in [-0.1, -0.05) is 42.5 Å². The summed E-state index contributed by atoms with van der Waals surface area (Å²) in [5, 5.41) is 7.75. The number of primary sulfonamides is 1. The number of fused-ring (bicyclic) bond motifs is 3. The lowest BCUT2D eigenvalue weighted by Gasteiger charge is -2.34. The number of hydrogen-bond acceptors (Lipinski definition) is 8. The van der Waals surface area contributed by atoms with Crippen LogP contribution in [-0.4, -0.2) is 72.3 Å². The number of ether oxygens (including phenoxy) is 1. The van der Waals surface area contributed by atoms with E-state index >= 15 is 4.39 Å². The summed E-state index contributed by atoms with van der Waals surface area (Å²) in [7, 11) is -3.63. The van der Waals surface area contributed by atoms with Crippen molar-refractivity contribution < 1.29 is 17.5 Å². The third-order valence-corrected chi connectivity index (χ3v) is 10.2. The molecule has 0 saturated carbocycles. The van der Waals surface area contributed by atoms with Gasteiger partial charge < -0.3 is 9.64 Å². The summed E-state index contributed by atoms with van der Waals surface area (Å²) in [4.78, 5) is 18.5. The van der Waals surface area contributed by atoms with Gasteiger partial charge in [-0.05, 0) is 68.3 Å². The summed E-state index contributed by atoms with van der Waals surface area (Å²) in [6.07, 6.45) is 7.56. The zero-order valence-electron chi connectivity index (χ0n) is 23.5. The van der Waals surface area contributed by atoms with Gasteiger partial charge in [-0.3, -0.25) is 9.88 Å². The van der Waals surface area contributed by atoms with Gasteiger partial charge in [0.1, 0.15) is 23.6 Å². The third kappa shape index (κ3) is 5.07. The minimum atomic E-state index is -3.63. The second kappa shape index (κ2) is 10.7. The van der Waals surface area contributed by atoms with E-state index in [2.05, 4.69) is 14.9 Å². The van der Waals surface area contributed by atoms with E-state index in [1.54, 1.807) is 6.20 Å². The number of sulfonamides is 1. The molecule has 7 rings (SSSR count). The Bertz CT molecular complexity index is 1750. The van der Waals surface area contributed by atoms with Gasteiger partial charge >= 0.3 is 6.01 Å². The predicted octanol–water partition coefficient (Wildman–Crippen LogP) is 4.50. The van der Waals surface area contributed by atoms with Crippen LogP contribution < -0.4 is 14.8 Å². The largest absolute Gasteiger partial charge is 0.461 e. The second-order valence-corrected chi connectivity index (χ2v) is 13.7. The highest BCUT2D eigenvalue weighted by Gasteiger charge is 2.45. The SMILES string of the molecule is NS(=O)(=O)CC1CCCN(c2nc(OCC34CCCN3CCC4)nc3c(F)c(-c4cccc5ccccc45)ncc23)C1. The van der Waals surface area contributed by atoms with E-state index in [0.717, 1.165) is 62.4 Å². The molecule has 2 N–H and O–H groups in total. The number of nitrogens with two attached hydrogens (primary N) is 1. The molecule has 5 heterocycles. The molecule has 0 bridgehead atoms. The van der Waals surface area contributed by atoms with Gasteiger partial charge in [0, 0.05) is 24.8 Å². The van der Waals surface area contributed by atoms with Crippen molar-refractivity contribution in [2.24, 2.45) is 11.1 Å². The molecule has 2 aromatic carbocycles. The van der Waals surface area contributed by atoms with Gasteiger partial charge in [-0.2, -0.15) is 9.97 Å². The molecule has 1 unspecified atom stereocenters. The van der Waals surface area contributed by atoms with Crippen molar-refractivity contribution in [3.8, 4) is 17.3 Å². The smallest absolute Gasteiger partial charge is 0.319 e. The number of rotatable bonds is 7. The highest BCUT2D eigenvalue weighted by atomic mass is 32.2. The number of benzene rings is 2. The fourth-order valence-electron chi connectivity index (χ4n) is 7.33. The van der Waals surface area contributed by atoms with Gasteiger partial charge in [0.15, 0.2) is 5.82 Å². The molecular formula is C31H35FN6O3S. The summed E-state index contributed by atoms with van der Waals surface area (Å²) in [5.74, 6) is -0.277. The first-order valence-corrected chi connectivity index (χ1v) is 16.5. The van der Waals surface area contributed by atoms with E-state index in [-0.39, 0.29) is 34.4 Å². The van der Waals surface area contributed by atoms with E-state index in [1.165, 1.54) is 0 Å². The lowest BCUT2D eigenvalue weighted by Crippen LogP contribution is -2.43. The Morgan fingerprint density at radius 1 is 1.00 bits per heavy atom. The molecule has 0 aliphatic carbocycles. The Balaban J connectivity index is 1.32. The minimum absolute atomic E-state index is 0.0188. The monoisotopic (exact) mass is 590 g/mol.